The average molecular weight is 531 g/mol. The minimum Gasteiger partial charge on any atom is -0.493 e. The highest BCUT2D eigenvalue weighted by Gasteiger charge is 2.24. The van der Waals surface area contributed by atoms with Gasteiger partial charge in [0.1, 0.15) is 18.2 Å². The first-order valence-electron chi connectivity index (χ1n) is 9.71. The van der Waals surface area contributed by atoms with Gasteiger partial charge in [0.15, 0.2) is 16.7 Å². The summed E-state index contributed by atoms with van der Waals surface area (Å²) in [7, 11) is 1.51. The van der Waals surface area contributed by atoms with Crippen molar-refractivity contribution in [1.82, 2.24) is 5.32 Å². The molecule has 1 heterocycles. The van der Waals surface area contributed by atoms with Gasteiger partial charge in [0.2, 0.25) is 0 Å². The molecule has 1 aliphatic rings. The summed E-state index contributed by atoms with van der Waals surface area (Å²) in [5.41, 5.74) is 1.92. The summed E-state index contributed by atoms with van der Waals surface area (Å²) in [6.07, 6.45) is 1.71. The van der Waals surface area contributed by atoms with E-state index in [0.717, 1.165) is 0 Å². The summed E-state index contributed by atoms with van der Waals surface area (Å²) in [6.45, 7) is 0.161. The number of ether oxygens (including phenoxy) is 2. The van der Waals surface area contributed by atoms with Crippen molar-refractivity contribution in [3.05, 3.63) is 92.8 Å². The van der Waals surface area contributed by atoms with Gasteiger partial charge in [-0.2, -0.15) is 0 Å². The fourth-order valence-electron chi connectivity index (χ4n) is 3.01. The van der Waals surface area contributed by atoms with Crippen molar-refractivity contribution < 1.29 is 23.0 Å². The Hall–Kier alpha value is -3.17. The molecule has 33 heavy (non-hydrogen) atoms. The molecule has 0 atom stereocenters. The highest BCUT2D eigenvalue weighted by molar-refractivity contribution is 9.10. The number of rotatable bonds is 6. The summed E-state index contributed by atoms with van der Waals surface area (Å²) in [5.74, 6) is -0.0612. The van der Waals surface area contributed by atoms with E-state index in [2.05, 4.69) is 26.2 Å². The van der Waals surface area contributed by atoms with Crippen molar-refractivity contribution in [3.8, 4) is 11.5 Å². The molecule has 168 valence electrons. The number of amidine groups is 1. The zero-order chi connectivity index (χ0) is 23.4. The molecule has 4 rings (SSSR count). The lowest BCUT2D eigenvalue weighted by Crippen LogP contribution is -2.19. The maximum atomic E-state index is 13.4. The Morgan fingerprint density at radius 2 is 1.88 bits per heavy atom. The third-order valence-electron chi connectivity index (χ3n) is 4.53. The van der Waals surface area contributed by atoms with E-state index in [9.17, 15) is 13.6 Å². The Balaban J connectivity index is 1.53. The van der Waals surface area contributed by atoms with Gasteiger partial charge in [0, 0.05) is 0 Å². The highest BCUT2D eigenvalue weighted by Crippen LogP contribution is 2.38. The summed E-state index contributed by atoms with van der Waals surface area (Å²) >= 11 is 4.66. The van der Waals surface area contributed by atoms with Gasteiger partial charge in [-0.05, 0) is 93.4 Å². The molecule has 0 saturated carbocycles. The zero-order valence-corrected chi connectivity index (χ0v) is 19.7. The van der Waals surface area contributed by atoms with Crippen LogP contribution >= 0.6 is 27.7 Å². The van der Waals surface area contributed by atoms with Crippen molar-refractivity contribution in [2.24, 2.45) is 4.99 Å². The lowest BCUT2D eigenvalue weighted by molar-refractivity contribution is -0.115. The molecule has 3 aromatic rings. The van der Waals surface area contributed by atoms with Gasteiger partial charge in [-0.15, -0.1) is 0 Å². The van der Waals surface area contributed by atoms with Crippen molar-refractivity contribution in [2.75, 3.05) is 7.11 Å². The van der Waals surface area contributed by atoms with E-state index in [-0.39, 0.29) is 24.1 Å². The second-order valence-corrected chi connectivity index (χ2v) is 8.80. The molecule has 1 saturated heterocycles. The topological polar surface area (TPSA) is 59.9 Å². The minimum atomic E-state index is -0.356. The Bertz CT molecular complexity index is 1260. The number of hydrogen-bond acceptors (Lipinski definition) is 5. The molecular weight excluding hydrogens is 514 g/mol. The standard InChI is InChI=1S/C24H17BrF2N2O3S/c1-31-20-11-15(10-19(25)22(20)32-13-14-3-2-4-17(27)9-14)12-21-23(30)29-24(33-21)28-18-7-5-16(26)6-8-18/h2-12H,13H2,1H3,(H,28,29,30)/b21-12+. The van der Waals surface area contributed by atoms with Crippen LogP contribution in [0.4, 0.5) is 14.5 Å². The van der Waals surface area contributed by atoms with Crippen LogP contribution in [0.3, 0.4) is 0 Å². The predicted octanol–water partition coefficient (Wildman–Crippen LogP) is 6.21. The van der Waals surface area contributed by atoms with Gasteiger partial charge >= 0.3 is 0 Å². The first kappa shape index (κ1) is 23.0. The highest BCUT2D eigenvalue weighted by atomic mass is 79.9. The van der Waals surface area contributed by atoms with Crippen LogP contribution in [0.2, 0.25) is 0 Å². The Morgan fingerprint density at radius 1 is 1.09 bits per heavy atom. The van der Waals surface area contributed by atoms with E-state index in [1.54, 1.807) is 30.3 Å². The molecule has 1 N–H and O–H groups in total. The van der Waals surface area contributed by atoms with Crippen LogP contribution in [0.25, 0.3) is 6.08 Å². The Morgan fingerprint density at radius 3 is 2.61 bits per heavy atom. The van der Waals surface area contributed by atoms with Crippen LogP contribution in [0.5, 0.6) is 11.5 Å². The monoisotopic (exact) mass is 530 g/mol. The van der Waals surface area contributed by atoms with Crippen LogP contribution in [-0.2, 0) is 11.4 Å². The van der Waals surface area contributed by atoms with Gasteiger partial charge in [-0.3, -0.25) is 4.79 Å². The molecule has 1 aliphatic heterocycles. The number of thioether (sulfide) groups is 1. The molecule has 3 aromatic carbocycles. The fourth-order valence-corrected chi connectivity index (χ4v) is 4.43. The van der Waals surface area contributed by atoms with Crippen molar-refractivity contribution in [2.45, 2.75) is 6.61 Å². The Labute approximate surface area is 201 Å². The number of benzene rings is 3. The maximum Gasteiger partial charge on any atom is 0.264 e. The number of halogens is 3. The van der Waals surface area contributed by atoms with Crippen molar-refractivity contribution >= 4 is 50.5 Å². The lowest BCUT2D eigenvalue weighted by Gasteiger charge is -2.14. The molecule has 0 radical (unpaired) electrons. The van der Waals surface area contributed by atoms with E-state index >= 15 is 0 Å². The number of methoxy groups -OCH3 is 1. The number of aliphatic imine (C=N–C) groups is 1. The summed E-state index contributed by atoms with van der Waals surface area (Å²) < 4.78 is 38.4. The SMILES string of the molecule is COc1cc(/C=C2/SC(=Nc3ccc(F)cc3)NC2=O)cc(Br)c1OCc1cccc(F)c1. The molecule has 0 bridgehead atoms. The zero-order valence-electron chi connectivity index (χ0n) is 17.3. The van der Waals surface area contributed by atoms with Gasteiger partial charge in [0.25, 0.3) is 5.91 Å². The molecular formula is C24H17BrF2N2O3S. The first-order valence-corrected chi connectivity index (χ1v) is 11.3. The molecule has 0 aliphatic carbocycles. The third kappa shape index (κ3) is 5.80. The van der Waals surface area contributed by atoms with Gasteiger partial charge in [0.05, 0.1) is 22.2 Å². The number of carbonyl (C=O) groups excluding carboxylic acids is 1. The fraction of sp³-hybridized carbons (Fsp3) is 0.0833. The van der Waals surface area contributed by atoms with Crippen LogP contribution in [0, 0.1) is 11.6 Å². The lowest BCUT2D eigenvalue weighted by atomic mass is 10.2. The number of amides is 1. The number of hydrogen-bond donors (Lipinski definition) is 1. The van der Waals surface area contributed by atoms with E-state index in [4.69, 9.17) is 9.47 Å². The molecule has 0 aromatic heterocycles. The van der Waals surface area contributed by atoms with E-state index in [1.807, 2.05) is 0 Å². The number of nitrogens with one attached hydrogen (secondary N) is 1. The van der Waals surface area contributed by atoms with Crippen molar-refractivity contribution in [3.63, 3.8) is 0 Å². The van der Waals surface area contributed by atoms with E-state index in [0.29, 0.717) is 42.9 Å². The Kier molecular flexibility index (Phi) is 7.10. The third-order valence-corrected chi connectivity index (χ3v) is 6.03. The molecule has 1 fully saturated rings. The summed E-state index contributed by atoms with van der Waals surface area (Å²) in [4.78, 5) is 17.2. The number of nitrogens with zero attached hydrogens (tertiary/aromatic N) is 1. The number of carbonyl (C=O) groups is 1. The van der Waals surface area contributed by atoms with Crippen LogP contribution in [-0.4, -0.2) is 18.2 Å². The van der Waals surface area contributed by atoms with E-state index in [1.165, 1.54) is 55.3 Å². The van der Waals surface area contributed by atoms with Gasteiger partial charge in [-0.1, -0.05) is 12.1 Å². The molecule has 5 nitrogen and oxygen atoms in total. The normalized spacial score (nSPS) is 15.7. The predicted molar refractivity (Wildman–Crippen MR) is 129 cm³/mol. The van der Waals surface area contributed by atoms with Crippen LogP contribution in [0.15, 0.2) is 75.0 Å². The second kappa shape index (κ2) is 10.2. The molecule has 1 amide bonds. The maximum absolute atomic E-state index is 13.4. The minimum absolute atomic E-state index is 0.161. The summed E-state index contributed by atoms with van der Waals surface area (Å²) in [5, 5.41) is 3.10. The summed E-state index contributed by atoms with van der Waals surface area (Å²) in [6, 6.07) is 15.4. The molecule has 9 heteroatoms. The second-order valence-electron chi connectivity index (χ2n) is 6.91. The van der Waals surface area contributed by atoms with Crippen molar-refractivity contribution in [1.29, 1.82) is 0 Å². The largest absolute Gasteiger partial charge is 0.493 e. The smallest absolute Gasteiger partial charge is 0.264 e. The van der Waals surface area contributed by atoms with Crippen LogP contribution in [0.1, 0.15) is 11.1 Å². The molecule has 0 unspecified atom stereocenters. The first-order chi connectivity index (χ1) is 15.9. The molecule has 0 spiro atoms. The average Bonchev–Trinajstić information content (AvgIpc) is 3.12. The van der Waals surface area contributed by atoms with Gasteiger partial charge in [-0.25, -0.2) is 13.8 Å². The van der Waals surface area contributed by atoms with E-state index < -0.39 is 0 Å². The van der Waals surface area contributed by atoms with Gasteiger partial charge < -0.3 is 14.8 Å². The van der Waals surface area contributed by atoms with Crippen LogP contribution < -0.4 is 14.8 Å². The quantitative estimate of drug-likeness (QED) is 0.385.